The van der Waals surface area contributed by atoms with Crippen LogP contribution < -0.4 is 19.6 Å². The molecule has 0 atom stereocenters. The zero-order chi connectivity index (χ0) is 22.8. The molecule has 2 N–H and O–H groups in total. The topological polar surface area (TPSA) is 79.2 Å². The minimum atomic E-state index is 0.328. The fraction of sp³-hybridized carbons (Fsp3) is 0.360. The first-order chi connectivity index (χ1) is 16.1. The van der Waals surface area contributed by atoms with Crippen molar-refractivity contribution >= 4 is 23.0 Å². The van der Waals surface area contributed by atoms with E-state index in [1.165, 1.54) is 0 Å². The number of anilines is 4. The standard InChI is InChI=1S/C25H30N6O2/c1-19-26-24(30-14-10-28(11-15-30)20-6-2-4-8-22(20)32)18-25(27-19)31-16-12-29(13-17-31)21-7-3-5-9-23(21)33/h2-9,18,32-33H,10-17H2,1H3. The second-order valence-corrected chi connectivity index (χ2v) is 8.56. The van der Waals surface area contributed by atoms with Crippen molar-refractivity contribution in [1.82, 2.24) is 9.97 Å². The Morgan fingerprint density at radius 2 is 0.939 bits per heavy atom. The van der Waals surface area contributed by atoms with E-state index in [1.807, 2.05) is 43.3 Å². The van der Waals surface area contributed by atoms with E-state index in [2.05, 4.69) is 25.7 Å². The quantitative estimate of drug-likeness (QED) is 0.634. The molecule has 1 aromatic heterocycles. The van der Waals surface area contributed by atoms with Gasteiger partial charge in [0.15, 0.2) is 0 Å². The van der Waals surface area contributed by atoms with Crippen LogP contribution in [0.25, 0.3) is 0 Å². The van der Waals surface area contributed by atoms with E-state index >= 15 is 0 Å². The second kappa shape index (κ2) is 9.05. The van der Waals surface area contributed by atoms with Crippen molar-refractivity contribution < 1.29 is 10.2 Å². The van der Waals surface area contributed by atoms with E-state index in [9.17, 15) is 10.2 Å². The van der Waals surface area contributed by atoms with Crippen molar-refractivity contribution in [3.05, 3.63) is 60.4 Å². The highest BCUT2D eigenvalue weighted by Crippen LogP contribution is 2.30. The maximum Gasteiger partial charge on any atom is 0.138 e. The summed E-state index contributed by atoms with van der Waals surface area (Å²) in [6.45, 7) is 8.62. The number of phenols is 2. The molecule has 8 nitrogen and oxygen atoms in total. The maximum atomic E-state index is 10.2. The van der Waals surface area contributed by atoms with Crippen LogP contribution in [-0.4, -0.2) is 72.5 Å². The van der Waals surface area contributed by atoms with Crippen LogP contribution in [0.1, 0.15) is 5.82 Å². The predicted octanol–water partition coefficient (Wildman–Crippen LogP) is 2.85. The summed E-state index contributed by atoms with van der Waals surface area (Å²) >= 11 is 0. The van der Waals surface area contributed by atoms with E-state index in [0.717, 1.165) is 81.2 Å². The van der Waals surface area contributed by atoms with Crippen LogP contribution in [0.2, 0.25) is 0 Å². The van der Waals surface area contributed by atoms with Gasteiger partial charge in [0.05, 0.1) is 11.4 Å². The van der Waals surface area contributed by atoms with Gasteiger partial charge in [0.25, 0.3) is 0 Å². The summed E-state index contributed by atoms with van der Waals surface area (Å²) in [5, 5.41) is 20.3. The monoisotopic (exact) mass is 446 g/mol. The van der Waals surface area contributed by atoms with Crippen LogP contribution in [0.5, 0.6) is 11.5 Å². The molecule has 2 aliphatic rings. The van der Waals surface area contributed by atoms with Crippen molar-refractivity contribution in [2.45, 2.75) is 6.92 Å². The van der Waals surface area contributed by atoms with Gasteiger partial charge in [0, 0.05) is 58.4 Å². The third kappa shape index (κ3) is 4.46. The third-order valence-corrected chi connectivity index (χ3v) is 6.46. The fourth-order valence-electron chi connectivity index (χ4n) is 4.68. The molecule has 2 aromatic carbocycles. The van der Waals surface area contributed by atoms with Gasteiger partial charge in [-0.1, -0.05) is 24.3 Å². The predicted molar refractivity (Wildman–Crippen MR) is 132 cm³/mol. The number of para-hydroxylation sites is 4. The highest BCUT2D eigenvalue weighted by molar-refractivity contribution is 5.61. The summed E-state index contributed by atoms with van der Waals surface area (Å²) in [6.07, 6.45) is 0. The molecule has 5 rings (SSSR count). The molecule has 0 saturated carbocycles. The Morgan fingerprint density at radius 3 is 1.33 bits per heavy atom. The molecule has 0 aliphatic carbocycles. The highest BCUT2D eigenvalue weighted by Gasteiger charge is 2.24. The van der Waals surface area contributed by atoms with Crippen LogP contribution in [-0.2, 0) is 0 Å². The van der Waals surface area contributed by atoms with Crippen molar-refractivity contribution in [1.29, 1.82) is 0 Å². The van der Waals surface area contributed by atoms with Crippen molar-refractivity contribution in [2.24, 2.45) is 0 Å². The zero-order valence-corrected chi connectivity index (χ0v) is 18.9. The lowest BCUT2D eigenvalue weighted by Gasteiger charge is -2.38. The Balaban J connectivity index is 1.25. The largest absolute Gasteiger partial charge is 0.506 e. The first kappa shape index (κ1) is 21.2. The average molecular weight is 447 g/mol. The SMILES string of the molecule is Cc1nc(N2CCN(c3ccccc3O)CC2)cc(N2CCN(c3ccccc3O)CC2)n1. The molecule has 33 heavy (non-hydrogen) atoms. The van der Waals surface area contributed by atoms with Gasteiger partial charge in [-0.2, -0.15) is 0 Å². The number of hydrogen-bond acceptors (Lipinski definition) is 8. The lowest BCUT2D eigenvalue weighted by atomic mass is 10.2. The van der Waals surface area contributed by atoms with E-state index in [-0.39, 0.29) is 0 Å². The number of benzene rings is 2. The average Bonchev–Trinajstić information content (AvgIpc) is 2.85. The number of hydrogen-bond donors (Lipinski definition) is 2. The summed E-state index contributed by atoms with van der Waals surface area (Å²) < 4.78 is 0. The van der Waals surface area contributed by atoms with Crippen LogP contribution in [0.15, 0.2) is 54.6 Å². The van der Waals surface area contributed by atoms with Crippen LogP contribution >= 0.6 is 0 Å². The van der Waals surface area contributed by atoms with E-state index in [4.69, 9.17) is 9.97 Å². The molecule has 3 heterocycles. The normalized spacial score (nSPS) is 16.9. The van der Waals surface area contributed by atoms with Crippen molar-refractivity contribution in [2.75, 3.05) is 72.0 Å². The second-order valence-electron chi connectivity index (χ2n) is 8.56. The summed E-state index contributed by atoms with van der Waals surface area (Å²) in [4.78, 5) is 18.5. The molecule has 0 spiro atoms. The number of aromatic nitrogens is 2. The number of rotatable bonds is 4. The van der Waals surface area contributed by atoms with Gasteiger partial charge in [-0.3, -0.25) is 0 Å². The van der Waals surface area contributed by atoms with E-state index in [0.29, 0.717) is 11.5 Å². The van der Waals surface area contributed by atoms with Gasteiger partial charge in [0.1, 0.15) is 29.0 Å². The third-order valence-electron chi connectivity index (χ3n) is 6.46. The first-order valence-corrected chi connectivity index (χ1v) is 11.5. The summed E-state index contributed by atoms with van der Waals surface area (Å²) in [7, 11) is 0. The molecule has 2 saturated heterocycles. The Labute approximate surface area is 194 Å². The molecule has 0 unspecified atom stereocenters. The Morgan fingerprint density at radius 1 is 0.576 bits per heavy atom. The lowest BCUT2D eigenvalue weighted by Crippen LogP contribution is -2.48. The molecule has 8 heteroatoms. The van der Waals surface area contributed by atoms with Crippen LogP contribution in [0, 0.1) is 6.92 Å². The molecule has 0 bridgehead atoms. The smallest absolute Gasteiger partial charge is 0.138 e. The van der Waals surface area contributed by atoms with Crippen molar-refractivity contribution in [3.63, 3.8) is 0 Å². The van der Waals surface area contributed by atoms with Crippen LogP contribution in [0.4, 0.5) is 23.0 Å². The number of phenolic OH excluding ortho intramolecular Hbond substituents is 2. The van der Waals surface area contributed by atoms with Gasteiger partial charge in [-0.15, -0.1) is 0 Å². The Kier molecular flexibility index (Phi) is 5.81. The molecular formula is C25H30N6O2. The molecule has 2 fully saturated rings. The van der Waals surface area contributed by atoms with Crippen LogP contribution in [0.3, 0.4) is 0 Å². The van der Waals surface area contributed by atoms with Gasteiger partial charge in [-0.05, 0) is 31.2 Å². The van der Waals surface area contributed by atoms with Gasteiger partial charge >= 0.3 is 0 Å². The number of aromatic hydroxyl groups is 2. The summed E-state index contributed by atoms with van der Waals surface area (Å²) in [5.74, 6) is 3.34. The molecule has 0 amide bonds. The first-order valence-electron chi connectivity index (χ1n) is 11.5. The number of piperazine rings is 2. The minimum Gasteiger partial charge on any atom is -0.506 e. The van der Waals surface area contributed by atoms with Crippen molar-refractivity contribution in [3.8, 4) is 11.5 Å². The Bertz CT molecular complexity index is 1020. The number of nitrogens with zero attached hydrogens (tertiary/aromatic N) is 6. The zero-order valence-electron chi connectivity index (χ0n) is 18.9. The summed E-state index contributed by atoms with van der Waals surface area (Å²) in [6, 6.07) is 17.1. The molecule has 2 aliphatic heterocycles. The summed E-state index contributed by atoms with van der Waals surface area (Å²) in [5.41, 5.74) is 1.78. The lowest BCUT2D eigenvalue weighted by molar-refractivity contribution is 0.472. The highest BCUT2D eigenvalue weighted by atomic mass is 16.3. The van der Waals surface area contributed by atoms with E-state index in [1.54, 1.807) is 12.1 Å². The maximum absolute atomic E-state index is 10.2. The Hall–Kier alpha value is -3.68. The van der Waals surface area contributed by atoms with Gasteiger partial charge in [0.2, 0.25) is 0 Å². The van der Waals surface area contributed by atoms with Gasteiger partial charge in [-0.25, -0.2) is 9.97 Å². The molecule has 3 aromatic rings. The molecule has 172 valence electrons. The molecule has 0 radical (unpaired) electrons. The molecular weight excluding hydrogens is 416 g/mol. The van der Waals surface area contributed by atoms with E-state index < -0.39 is 0 Å². The fourth-order valence-corrected chi connectivity index (χ4v) is 4.68. The minimum absolute atomic E-state index is 0.328. The number of aryl methyl sites for hydroxylation is 1. The van der Waals surface area contributed by atoms with Gasteiger partial charge < -0.3 is 29.8 Å².